The minimum Gasteiger partial charge on any atom is -0.294 e. The van der Waals surface area contributed by atoms with Gasteiger partial charge in [-0.1, -0.05) is 43.3 Å². The highest BCUT2D eigenvalue weighted by molar-refractivity contribution is 8.16. The largest absolute Gasteiger partial charge is 0.294 e. The van der Waals surface area contributed by atoms with Gasteiger partial charge >= 0.3 is 0 Å². The number of hydrogen-bond acceptors (Lipinski definition) is 9. The van der Waals surface area contributed by atoms with Crippen molar-refractivity contribution in [3.63, 3.8) is 0 Å². The van der Waals surface area contributed by atoms with Crippen LogP contribution >= 0.6 is 47.0 Å². The van der Waals surface area contributed by atoms with E-state index in [1.165, 1.54) is 35.7 Å². The maximum atomic E-state index is 12.0. The molecule has 0 rings (SSSR count). The number of ketones is 1. The summed E-state index contributed by atoms with van der Waals surface area (Å²) in [5.74, 6) is 1.09. The molecule has 0 heterocycles. The van der Waals surface area contributed by atoms with Crippen LogP contribution in [0.3, 0.4) is 0 Å². The molecule has 11 heteroatoms. The third kappa shape index (κ3) is 14.2. The maximum Gasteiger partial charge on any atom is 0.265 e. The lowest BCUT2D eigenvalue weighted by Gasteiger charge is -2.17. The van der Waals surface area contributed by atoms with Crippen LogP contribution in [0.2, 0.25) is 0 Å². The standard InChI is InChI=1S/C16H22O6S5/c1-4-13(17)14(10-23-7-8-24-15(18)5-2)25-9-12(11-27(20,21)22)26-16(19)6-3/h4-6,12,14H,1-3,7-11H2,(H,20,21,22). The van der Waals surface area contributed by atoms with Crippen molar-refractivity contribution in [3.8, 4) is 0 Å². The summed E-state index contributed by atoms with van der Waals surface area (Å²) in [6, 6.07) is 0. The van der Waals surface area contributed by atoms with E-state index < -0.39 is 31.5 Å². The minimum absolute atomic E-state index is 0.111. The Morgan fingerprint density at radius 1 is 0.963 bits per heavy atom. The van der Waals surface area contributed by atoms with Gasteiger partial charge in [0, 0.05) is 28.3 Å². The lowest BCUT2D eigenvalue weighted by Crippen LogP contribution is -2.25. The van der Waals surface area contributed by atoms with Crippen molar-refractivity contribution in [2.45, 2.75) is 10.5 Å². The normalized spacial score (nSPS) is 13.4. The van der Waals surface area contributed by atoms with Gasteiger partial charge in [0.25, 0.3) is 10.1 Å². The Hall–Kier alpha value is -0.460. The highest BCUT2D eigenvalue weighted by Crippen LogP contribution is 2.25. The molecule has 6 nitrogen and oxygen atoms in total. The molecule has 0 radical (unpaired) electrons. The summed E-state index contributed by atoms with van der Waals surface area (Å²) < 4.78 is 31.3. The fraction of sp³-hybridized carbons (Fsp3) is 0.438. The van der Waals surface area contributed by atoms with Gasteiger partial charge in [-0.3, -0.25) is 18.9 Å². The number of hydrogen-bond donors (Lipinski definition) is 1. The van der Waals surface area contributed by atoms with Crippen LogP contribution < -0.4 is 0 Å². The molecule has 152 valence electrons. The van der Waals surface area contributed by atoms with Gasteiger partial charge in [-0.05, 0) is 18.2 Å². The molecule has 0 aromatic heterocycles. The maximum absolute atomic E-state index is 12.0. The van der Waals surface area contributed by atoms with E-state index in [4.69, 9.17) is 4.55 Å². The molecule has 2 atom stereocenters. The molecule has 0 aliphatic heterocycles. The molecule has 27 heavy (non-hydrogen) atoms. The summed E-state index contributed by atoms with van der Waals surface area (Å²) in [4.78, 5) is 34.7. The highest BCUT2D eigenvalue weighted by atomic mass is 32.2. The zero-order valence-electron chi connectivity index (χ0n) is 14.6. The zero-order valence-corrected chi connectivity index (χ0v) is 18.7. The average molecular weight is 471 g/mol. The van der Waals surface area contributed by atoms with Crippen LogP contribution in [0.25, 0.3) is 0 Å². The summed E-state index contributed by atoms with van der Waals surface area (Å²) >= 11 is 4.60. The summed E-state index contributed by atoms with van der Waals surface area (Å²) in [6.45, 7) is 10.2. The lowest BCUT2D eigenvalue weighted by atomic mass is 10.3. The van der Waals surface area contributed by atoms with E-state index >= 15 is 0 Å². The predicted molar refractivity (Wildman–Crippen MR) is 119 cm³/mol. The highest BCUT2D eigenvalue weighted by Gasteiger charge is 2.24. The van der Waals surface area contributed by atoms with Crippen LogP contribution in [-0.4, -0.2) is 68.2 Å². The molecule has 2 unspecified atom stereocenters. The van der Waals surface area contributed by atoms with Gasteiger partial charge in [0.2, 0.25) is 10.2 Å². The van der Waals surface area contributed by atoms with Crippen molar-refractivity contribution in [2.24, 2.45) is 0 Å². The molecular formula is C16H22O6S5. The molecular weight excluding hydrogens is 449 g/mol. The van der Waals surface area contributed by atoms with Crippen molar-refractivity contribution in [1.29, 1.82) is 0 Å². The molecule has 0 saturated heterocycles. The Kier molecular flexibility index (Phi) is 14.3. The molecule has 0 bridgehead atoms. The predicted octanol–water partition coefficient (Wildman–Crippen LogP) is 2.72. The zero-order chi connectivity index (χ0) is 20.9. The summed E-state index contributed by atoms with van der Waals surface area (Å²) in [7, 11) is -4.26. The van der Waals surface area contributed by atoms with Crippen LogP contribution in [0.4, 0.5) is 0 Å². The second-order valence-corrected chi connectivity index (χ2v) is 11.2. The van der Waals surface area contributed by atoms with Gasteiger partial charge in [0.05, 0.1) is 11.0 Å². The van der Waals surface area contributed by atoms with E-state index in [0.717, 1.165) is 29.6 Å². The molecule has 0 amide bonds. The van der Waals surface area contributed by atoms with Crippen LogP contribution in [-0.2, 0) is 24.5 Å². The van der Waals surface area contributed by atoms with E-state index in [-0.39, 0.29) is 16.7 Å². The Bertz CT molecular complexity index is 658. The fourth-order valence-corrected chi connectivity index (χ4v) is 7.21. The third-order valence-corrected chi connectivity index (χ3v) is 8.85. The number of rotatable bonds is 15. The second kappa shape index (κ2) is 14.5. The first kappa shape index (κ1) is 26.5. The molecule has 0 aromatic rings. The smallest absolute Gasteiger partial charge is 0.265 e. The van der Waals surface area contributed by atoms with Crippen LogP contribution in [0.5, 0.6) is 0 Å². The van der Waals surface area contributed by atoms with E-state index in [9.17, 15) is 22.8 Å². The quantitative estimate of drug-likeness (QED) is 0.218. The van der Waals surface area contributed by atoms with Crippen molar-refractivity contribution >= 4 is 73.2 Å². The molecule has 0 fully saturated rings. The summed E-state index contributed by atoms with van der Waals surface area (Å²) in [6.07, 6.45) is 3.51. The second-order valence-electron chi connectivity index (χ2n) is 4.89. The number of allylic oxidation sites excluding steroid dienone is 1. The van der Waals surface area contributed by atoms with Gasteiger partial charge in [-0.2, -0.15) is 20.2 Å². The topological polar surface area (TPSA) is 106 Å². The first-order valence-corrected chi connectivity index (χ1v) is 13.2. The van der Waals surface area contributed by atoms with Gasteiger partial charge in [0.1, 0.15) is 0 Å². The third-order valence-electron chi connectivity index (χ3n) is 2.76. The number of carbonyl (C=O) groups excluding carboxylic acids is 3. The fourth-order valence-electron chi connectivity index (χ4n) is 1.58. The van der Waals surface area contributed by atoms with Crippen LogP contribution in [0.15, 0.2) is 38.0 Å². The summed E-state index contributed by atoms with van der Waals surface area (Å²) in [5.41, 5.74) is 0. The monoisotopic (exact) mass is 470 g/mol. The first-order valence-electron chi connectivity index (χ1n) is 7.56. The molecule has 0 saturated carbocycles. The molecule has 0 aliphatic rings. The molecule has 0 spiro atoms. The van der Waals surface area contributed by atoms with Crippen molar-refractivity contribution in [2.75, 3.05) is 28.8 Å². The lowest BCUT2D eigenvalue weighted by molar-refractivity contribution is -0.113. The SMILES string of the molecule is C=CC(=O)SCCSCC(SCC(CS(=O)(=O)O)SC(=O)C=C)C(=O)C=C. The Balaban J connectivity index is 4.69. The van der Waals surface area contributed by atoms with Gasteiger partial charge in [-0.15, -0.1) is 11.8 Å². The van der Waals surface area contributed by atoms with E-state index in [1.54, 1.807) is 0 Å². The van der Waals surface area contributed by atoms with Crippen molar-refractivity contribution in [1.82, 2.24) is 0 Å². The van der Waals surface area contributed by atoms with Gasteiger partial charge < -0.3 is 0 Å². The van der Waals surface area contributed by atoms with E-state index in [2.05, 4.69) is 19.7 Å². The molecule has 0 aromatic carbocycles. The number of carbonyl (C=O) groups is 3. The van der Waals surface area contributed by atoms with Crippen molar-refractivity contribution < 1.29 is 27.4 Å². The molecule has 0 aliphatic carbocycles. The van der Waals surface area contributed by atoms with Gasteiger partial charge in [0.15, 0.2) is 5.78 Å². The number of thioether (sulfide) groups is 4. The van der Waals surface area contributed by atoms with Gasteiger partial charge in [-0.25, -0.2) is 0 Å². The Labute approximate surface area is 177 Å². The van der Waals surface area contributed by atoms with Crippen LogP contribution in [0.1, 0.15) is 0 Å². The molecule has 1 N–H and O–H groups in total. The van der Waals surface area contributed by atoms with Crippen LogP contribution in [0, 0.1) is 0 Å². The van der Waals surface area contributed by atoms with E-state index in [0.29, 0.717) is 17.3 Å². The Morgan fingerprint density at radius 3 is 2.11 bits per heavy atom. The Morgan fingerprint density at radius 2 is 1.59 bits per heavy atom. The minimum atomic E-state index is -4.26. The summed E-state index contributed by atoms with van der Waals surface area (Å²) in [5, 5.41) is -1.69. The van der Waals surface area contributed by atoms with Crippen molar-refractivity contribution in [3.05, 3.63) is 38.0 Å². The van der Waals surface area contributed by atoms with E-state index in [1.807, 2.05) is 0 Å². The average Bonchev–Trinajstić information content (AvgIpc) is 2.61. The first-order chi connectivity index (χ1) is 12.6.